The molecule has 1 atom stereocenters. The van der Waals surface area contributed by atoms with Gasteiger partial charge in [0.25, 0.3) is 10.1 Å². The minimum Gasteiger partial charge on any atom is -0.371 e. The molecule has 1 aromatic rings. The second-order valence-electron chi connectivity index (χ2n) is 2.51. The topological polar surface area (TPSA) is 74.6 Å². The Labute approximate surface area is 90.8 Å². The van der Waals surface area contributed by atoms with Crippen LogP contribution < -0.4 is 0 Å². The number of rotatable bonds is 2. The molecule has 4 nitrogen and oxygen atoms in total. The molecule has 1 rings (SSSR count). The van der Waals surface area contributed by atoms with E-state index in [9.17, 15) is 13.5 Å². The molecule has 1 unspecified atom stereocenters. The Bertz CT molecular complexity index is 443. The maximum atomic E-state index is 10.6. The first-order chi connectivity index (χ1) is 6.34. The summed E-state index contributed by atoms with van der Waals surface area (Å²) in [6, 6.07) is 4.11. The van der Waals surface area contributed by atoms with Gasteiger partial charge >= 0.3 is 0 Å². The smallest absolute Gasteiger partial charge is 0.296 e. The third-order valence-corrected chi connectivity index (χ3v) is 3.18. The summed E-state index contributed by atoms with van der Waals surface area (Å²) in [6.45, 7) is 0. The molecule has 0 aliphatic carbocycles. The fraction of sp³-hybridized carbons (Fsp3) is 0.143. The van der Waals surface area contributed by atoms with E-state index in [-0.39, 0.29) is 15.6 Å². The van der Waals surface area contributed by atoms with Crippen molar-refractivity contribution in [3.05, 3.63) is 33.8 Å². The lowest BCUT2D eigenvalue weighted by molar-refractivity contribution is 0.238. The molecule has 0 aliphatic heterocycles. The number of hydrogen-bond donors (Lipinski definition) is 2. The van der Waals surface area contributed by atoms with Crippen molar-refractivity contribution < 1.29 is 18.1 Å². The molecule has 0 spiro atoms. The van der Waals surface area contributed by atoms with E-state index < -0.39 is 15.6 Å². The number of aliphatic hydroxyl groups is 1. The van der Waals surface area contributed by atoms with Crippen LogP contribution in [0.2, 0.25) is 10.0 Å². The highest BCUT2D eigenvalue weighted by molar-refractivity contribution is 7.85. The van der Waals surface area contributed by atoms with Gasteiger partial charge in [-0.15, -0.1) is 0 Å². The van der Waals surface area contributed by atoms with Crippen molar-refractivity contribution in [2.24, 2.45) is 0 Å². The molecule has 0 amide bonds. The highest BCUT2D eigenvalue weighted by Crippen LogP contribution is 2.31. The Morgan fingerprint density at radius 1 is 1.29 bits per heavy atom. The average Bonchev–Trinajstić information content (AvgIpc) is 2.07. The van der Waals surface area contributed by atoms with Gasteiger partial charge in [0.05, 0.1) is 10.0 Å². The predicted octanol–water partition coefficient (Wildman–Crippen LogP) is 1.87. The first-order valence-electron chi connectivity index (χ1n) is 3.42. The summed E-state index contributed by atoms with van der Waals surface area (Å²) in [5, 5.41) is 9.19. The Morgan fingerprint density at radius 3 is 2.36 bits per heavy atom. The number of hydrogen-bond acceptors (Lipinski definition) is 3. The number of aliphatic hydroxyl groups excluding tert-OH is 1. The summed E-state index contributed by atoms with van der Waals surface area (Å²) < 4.78 is 29.8. The molecule has 1 aromatic carbocycles. The lowest BCUT2D eigenvalue weighted by Gasteiger charge is -2.09. The summed E-state index contributed by atoms with van der Waals surface area (Å²) in [7, 11) is -4.58. The van der Waals surface area contributed by atoms with Crippen molar-refractivity contribution in [3.63, 3.8) is 0 Å². The van der Waals surface area contributed by atoms with Gasteiger partial charge in [-0.2, -0.15) is 8.42 Å². The van der Waals surface area contributed by atoms with Crippen LogP contribution in [0.4, 0.5) is 0 Å². The van der Waals surface area contributed by atoms with Gasteiger partial charge in [-0.1, -0.05) is 35.3 Å². The largest absolute Gasteiger partial charge is 0.371 e. The Balaban J connectivity index is 3.28. The van der Waals surface area contributed by atoms with Crippen LogP contribution in [-0.2, 0) is 10.1 Å². The van der Waals surface area contributed by atoms with Crippen LogP contribution >= 0.6 is 23.2 Å². The second-order valence-corrected chi connectivity index (χ2v) is 4.77. The molecule has 0 saturated heterocycles. The van der Waals surface area contributed by atoms with Gasteiger partial charge in [0, 0.05) is 5.56 Å². The minimum absolute atomic E-state index is 0.0979. The third-order valence-electron chi connectivity index (χ3n) is 1.53. The van der Waals surface area contributed by atoms with Gasteiger partial charge in [0.15, 0.2) is 0 Å². The van der Waals surface area contributed by atoms with Crippen molar-refractivity contribution in [1.82, 2.24) is 0 Å². The van der Waals surface area contributed by atoms with E-state index in [4.69, 9.17) is 27.8 Å². The van der Waals surface area contributed by atoms with Crippen LogP contribution in [0.15, 0.2) is 18.2 Å². The number of halogens is 2. The Kier molecular flexibility index (Phi) is 3.39. The number of benzene rings is 1. The molecular weight excluding hydrogens is 251 g/mol. The lowest BCUT2D eigenvalue weighted by Crippen LogP contribution is -2.11. The maximum absolute atomic E-state index is 10.6. The van der Waals surface area contributed by atoms with Crippen LogP contribution in [0, 0.1) is 0 Å². The zero-order valence-corrected chi connectivity index (χ0v) is 9.01. The molecular formula is C7H6Cl2O4S. The average molecular weight is 257 g/mol. The lowest BCUT2D eigenvalue weighted by atomic mass is 10.2. The Hall–Kier alpha value is -0.330. The molecule has 0 aromatic heterocycles. The quantitative estimate of drug-likeness (QED) is 0.793. The first kappa shape index (κ1) is 11.7. The summed E-state index contributed by atoms with van der Waals surface area (Å²) in [5.41, 5.74) is -2.23. The highest BCUT2D eigenvalue weighted by Gasteiger charge is 2.24. The van der Waals surface area contributed by atoms with Gasteiger partial charge in [-0.05, 0) is 6.07 Å². The van der Waals surface area contributed by atoms with Crippen LogP contribution in [0.3, 0.4) is 0 Å². The van der Waals surface area contributed by atoms with E-state index in [1.807, 2.05) is 0 Å². The fourth-order valence-electron chi connectivity index (χ4n) is 0.872. The van der Waals surface area contributed by atoms with Crippen molar-refractivity contribution in [1.29, 1.82) is 0 Å². The molecule has 7 heteroatoms. The summed E-state index contributed by atoms with van der Waals surface area (Å²) >= 11 is 11.2. The van der Waals surface area contributed by atoms with Gasteiger partial charge in [-0.25, -0.2) is 0 Å². The molecule has 0 saturated carbocycles. The van der Waals surface area contributed by atoms with Crippen molar-refractivity contribution >= 4 is 33.3 Å². The van der Waals surface area contributed by atoms with Crippen LogP contribution in [0.5, 0.6) is 0 Å². The zero-order valence-electron chi connectivity index (χ0n) is 6.68. The minimum atomic E-state index is -4.58. The molecule has 0 radical (unpaired) electrons. The predicted molar refractivity (Wildman–Crippen MR) is 53.0 cm³/mol. The van der Waals surface area contributed by atoms with Crippen molar-refractivity contribution in [3.8, 4) is 0 Å². The fourth-order valence-corrected chi connectivity index (χ4v) is 1.86. The van der Waals surface area contributed by atoms with Gasteiger partial charge in [-0.3, -0.25) is 4.55 Å². The first-order valence-corrected chi connectivity index (χ1v) is 5.68. The molecule has 0 fully saturated rings. The van der Waals surface area contributed by atoms with Crippen LogP contribution in [-0.4, -0.2) is 18.1 Å². The molecule has 0 aliphatic rings. The van der Waals surface area contributed by atoms with E-state index in [1.165, 1.54) is 18.2 Å². The van der Waals surface area contributed by atoms with E-state index in [0.29, 0.717) is 0 Å². The van der Waals surface area contributed by atoms with Gasteiger partial charge in [0.2, 0.25) is 5.44 Å². The van der Waals surface area contributed by atoms with Crippen molar-refractivity contribution in [2.75, 3.05) is 0 Å². The SMILES string of the molecule is O=S(=O)(O)C(O)c1cccc(Cl)c1Cl. The second kappa shape index (κ2) is 4.04. The van der Waals surface area contributed by atoms with Crippen LogP contribution in [0.1, 0.15) is 11.0 Å². The van der Waals surface area contributed by atoms with Crippen molar-refractivity contribution in [2.45, 2.75) is 5.44 Å². The summed E-state index contributed by atoms with van der Waals surface area (Å²) in [5.74, 6) is 0. The summed E-state index contributed by atoms with van der Waals surface area (Å²) in [4.78, 5) is 0. The van der Waals surface area contributed by atoms with Crippen LogP contribution in [0.25, 0.3) is 0 Å². The Morgan fingerprint density at radius 2 is 1.86 bits per heavy atom. The van der Waals surface area contributed by atoms with E-state index in [2.05, 4.69) is 0 Å². The molecule has 2 N–H and O–H groups in total. The van der Waals surface area contributed by atoms with Gasteiger partial charge in [0.1, 0.15) is 0 Å². The zero-order chi connectivity index (χ0) is 10.9. The van der Waals surface area contributed by atoms with E-state index >= 15 is 0 Å². The molecule has 14 heavy (non-hydrogen) atoms. The maximum Gasteiger partial charge on any atom is 0.296 e. The van der Waals surface area contributed by atoms with E-state index in [1.54, 1.807) is 0 Å². The monoisotopic (exact) mass is 256 g/mol. The summed E-state index contributed by atoms with van der Waals surface area (Å²) in [6.07, 6.45) is 0. The third kappa shape index (κ3) is 2.37. The standard InChI is InChI=1S/C7H6Cl2O4S/c8-5-3-1-2-4(6(5)9)7(10)14(11,12)13/h1-3,7,10H,(H,11,12,13). The molecule has 0 heterocycles. The van der Waals surface area contributed by atoms with Gasteiger partial charge < -0.3 is 5.11 Å². The normalized spacial score (nSPS) is 14.0. The molecule has 0 bridgehead atoms. The van der Waals surface area contributed by atoms with E-state index in [0.717, 1.165) is 0 Å². The highest BCUT2D eigenvalue weighted by atomic mass is 35.5. The molecule has 78 valence electrons.